The van der Waals surface area contributed by atoms with E-state index >= 15 is 0 Å². The van der Waals surface area contributed by atoms with Crippen molar-refractivity contribution in [3.63, 3.8) is 0 Å². The summed E-state index contributed by atoms with van der Waals surface area (Å²) in [7, 11) is 0. The zero-order valence-corrected chi connectivity index (χ0v) is 17.6. The molecule has 5 rings (SSSR count). The molecule has 8 heteroatoms. The number of benzene rings is 2. The molecule has 0 saturated carbocycles. The molecule has 5 aromatic rings. The molecular weight excluding hydrogens is 407 g/mol. The fourth-order valence-corrected chi connectivity index (χ4v) is 4.05. The van der Waals surface area contributed by atoms with Crippen LogP contribution in [-0.2, 0) is 0 Å². The Kier molecular flexibility index (Phi) is 4.89. The van der Waals surface area contributed by atoms with Crippen molar-refractivity contribution in [3.8, 4) is 5.69 Å². The number of fused-ring (bicyclic) bond motifs is 2. The summed E-state index contributed by atoms with van der Waals surface area (Å²) in [4.78, 5) is 29.4. The molecular formula is C24H21FN6O. The highest BCUT2D eigenvalue weighted by atomic mass is 19.1. The maximum Gasteiger partial charge on any atom is 0.263 e. The van der Waals surface area contributed by atoms with E-state index in [9.17, 15) is 9.18 Å². The van der Waals surface area contributed by atoms with Crippen LogP contribution in [0.5, 0.6) is 0 Å². The molecule has 3 heterocycles. The number of aromatic nitrogens is 5. The standard InChI is InChI=1S/C24H21FN6O/c1-3-18(30-23-21-22(27-12-26-21)28-13-29-23)20-10-15-8-9-16(25)11-17(15)24(32)31(20)19-7-5-4-6-14(19)2/h4-13,18H,3H2,1-2H3,(H2,26,27,28,29,30)/t18-/m0/s1. The first-order chi connectivity index (χ1) is 15.6. The van der Waals surface area contributed by atoms with Crippen LogP contribution in [-0.4, -0.2) is 24.5 Å². The highest BCUT2D eigenvalue weighted by Gasteiger charge is 2.21. The van der Waals surface area contributed by atoms with E-state index in [4.69, 9.17) is 0 Å². The van der Waals surface area contributed by atoms with Crippen LogP contribution in [0.3, 0.4) is 0 Å². The molecule has 0 amide bonds. The quantitative estimate of drug-likeness (QED) is 0.425. The molecule has 2 N–H and O–H groups in total. The molecule has 7 nitrogen and oxygen atoms in total. The Bertz CT molecular complexity index is 1510. The normalized spacial score (nSPS) is 12.3. The lowest BCUT2D eigenvalue weighted by atomic mass is 10.0. The second-order valence-electron chi connectivity index (χ2n) is 7.66. The highest BCUT2D eigenvalue weighted by Crippen LogP contribution is 2.28. The minimum atomic E-state index is -0.438. The molecule has 0 aliphatic heterocycles. The van der Waals surface area contributed by atoms with E-state index < -0.39 is 5.82 Å². The number of para-hydroxylation sites is 1. The first kappa shape index (κ1) is 19.9. The lowest BCUT2D eigenvalue weighted by molar-refractivity contribution is 0.629. The van der Waals surface area contributed by atoms with Gasteiger partial charge in [0.15, 0.2) is 11.5 Å². The molecule has 2 aromatic carbocycles. The van der Waals surface area contributed by atoms with Gasteiger partial charge in [0.25, 0.3) is 5.56 Å². The Balaban J connectivity index is 1.75. The number of aryl methyl sites for hydroxylation is 1. The van der Waals surface area contributed by atoms with Crippen molar-refractivity contribution in [3.05, 3.63) is 88.6 Å². The number of pyridine rings is 1. The van der Waals surface area contributed by atoms with Crippen LogP contribution in [0.15, 0.2) is 66.0 Å². The van der Waals surface area contributed by atoms with E-state index in [-0.39, 0.29) is 11.6 Å². The fraction of sp³-hybridized carbons (Fsp3) is 0.167. The monoisotopic (exact) mass is 428 g/mol. The van der Waals surface area contributed by atoms with Crippen LogP contribution < -0.4 is 10.9 Å². The van der Waals surface area contributed by atoms with E-state index in [1.54, 1.807) is 17.0 Å². The summed E-state index contributed by atoms with van der Waals surface area (Å²) in [6.07, 6.45) is 3.70. The molecule has 0 unspecified atom stereocenters. The van der Waals surface area contributed by atoms with Gasteiger partial charge in [0, 0.05) is 5.69 Å². The SMILES string of the molecule is CC[C@H](Nc1ncnc2nc[nH]c12)c1cc2ccc(F)cc2c(=O)n1-c1ccccc1C. The first-order valence-corrected chi connectivity index (χ1v) is 10.4. The second kappa shape index (κ2) is 7.88. The average Bonchev–Trinajstić information content (AvgIpc) is 3.28. The van der Waals surface area contributed by atoms with Crippen molar-refractivity contribution in [2.45, 2.75) is 26.3 Å². The Morgan fingerprint density at radius 2 is 1.97 bits per heavy atom. The zero-order chi connectivity index (χ0) is 22.2. The number of hydrogen-bond donors (Lipinski definition) is 2. The number of nitrogens with one attached hydrogen (secondary N) is 2. The van der Waals surface area contributed by atoms with Crippen LogP contribution >= 0.6 is 0 Å². The number of nitrogens with zero attached hydrogens (tertiary/aromatic N) is 4. The number of aromatic amines is 1. The molecule has 1 atom stereocenters. The summed E-state index contributed by atoms with van der Waals surface area (Å²) < 4.78 is 15.6. The van der Waals surface area contributed by atoms with E-state index in [1.165, 1.54) is 18.5 Å². The van der Waals surface area contributed by atoms with Gasteiger partial charge in [-0.2, -0.15) is 0 Å². The molecule has 0 fully saturated rings. The summed E-state index contributed by atoms with van der Waals surface area (Å²) in [5, 5.41) is 4.47. The molecule has 0 spiro atoms. The van der Waals surface area contributed by atoms with Gasteiger partial charge in [-0.3, -0.25) is 9.36 Å². The Labute approximate surface area is 183 Å². The third-order valence-electron chi connectivity index (χ3n) is 5.67. The Morgan fingerprint density at radius 3 is 2.78 bits per heavy atom. The van der Waals surface area contributed by atoms with E-state index in [1.807, 2.05) is 44.2 Å². The number of hydrogen-bond acceptors (Lipinski definition) is 5. The third kappa shape index (κ3) is 3.30. The number of anilines is 1. The van der Waals surface area contributed by atoms with Crippen molar-refractivity contribution < 1.29 is 4.39 Å². The van der Waals surface area contributed by atoms with Crippen molar-refractivity contribution in [1.82, 2.24) is 24.5 Å². The second-order valence-corrected chi connectivity index (χ2v) is 7.66. The third-order valence-corrected chi connectivity index (χ3v) is 5.67. The minimum absolute atomic E-state index is 0.252. The summed E-state index contributed by atoms with van der Waals surface area (Å²) in [6, 6.07) is 13.7. The molecule has 32 heavy (non-hydrogen) atoms. The minimum Gasteiger partial charge on any atom is -0.360 e. The molecule has 0 radical (unpaired) electrons. The van der Waals surface area contributed by atoms with Gasteiger partial charge in [-0.1, -0.05) is 31.2 Å². The molecule has 0 saturated heterocycles. The largest absolute Gasteiger partial charge is 0.360 e. The Morgan fingerprint density at radius 1 is 1.12 bits per heavy atom. The summed E-state index contributed by atoms with van der Waals surface area (Å²) >= 11 is 0. The Hall–Kier alpha value is -4.07. The van der Waals surface area contributed by atoms with Crippen molar-refractivity contribution in [2.75, 3.05) is 5.32 Å². The maximum absolute atomic E-state index is 14.0. The van der Waals surface area contributed by atoms with Crippen LogP contribution in [0.25, 0.3) is 27.6 Å². The van der Waals surface area contributed by atoms with Gasteiger partial charge in [-0.15, -0.1) is 0 Å². The van der Waals surface area contributed by atoms with Crippen molar-refractivity contribution in [1.29, 1.82) is 0 Å². The summed E-state index contributed by atoms with van der Waals surface area (Å²) in [5.74, 6) is 0.161. The van der Waals surface area contributed by atoms with Gasteiger partial charge in [0.05, 0.1) is 23.4 Å². The average molecular weight is 428 g/mol. The van der Waals surface area contributed by atoms with Crippen molar-refractivity contribution >= 4 is 27.8 Å². The van der Waals surface area contributed by atoms with Crippen LogP contribution in [0.4, 0.5) is 10.2 Å². The number of imidazole rings is 1. The van der Waals surface area contributed by atoms with Gasteiger partial charge in [-0.05, 0) is 48.6 Å². The van der Waals surface area contributed by atoms with Gasteiger partial charge >= 0.3 is 0 Å². The number of halogens is 1. The van der Waals surface area contributed by atoms with Crippen LogP contribution in [0.1, 0.15) is 30.6 Å². The number of H-pyrrole nitrogens is 1. The van der Waals surface area contributed by atoms with Gasteiger partial charge in [0.2, 0.25) is 0 Å². The van der Waals surface area contributed by atoms with E-state index in [0.29, 0.717) is 34.2 Å². The molecule has 160 valence electrons. The summed E-state index contributed by atoms with van der Waals surface area (Å²) in [6.45, 7) is 3.98. The first-order valence-electron chi connectivity index (χ1n) is 10.4. The fourth-order valence-electron chi connectivity index (χ4n) is 4.05. The molecule has 0 bridgehead atoms. The number of rotatable bonds is 5. The van der Waals surface area contributed by atoms with E-state index in [0.717, 1.165) is 16.9 Å². The smallest absolute Gasteiger partial charge is 0.263 e. The van der Waals surface area contributed by atoms with E-state index in [2.05, 4.69) is 25.3 Å². The lowest BCUT2D eigenvalue weighted by Crippen LogP contribution is -2.27. The topological polar surface area (TPSA) is 88.5 Å². The lowest BCUT2D eigenvalue weighted by Gasteiger charge is -2.24. The van der Waals surface area contributed by atoms with Crippen LogP contribution in [0.2, 0.25) is 0 Å². The summed E-state index contributed by atoms with van der Waals surface area (Å²) in [5.41, 5.74) is 3.45. The van der Waals surface area contributed by atoms with Crippen LogP contribution in [0, 0.1) is 12.7 Å². The predicted molar refractivity (Wildman–Crippen MR) is 123 cm³/mol. The van der Waals surface area contributed by atoms with Gasteiger partial charge in [-0.25, -0.2) is 19.3 Å². The molecule has 0 aliphatic carbocycles. The molecule has 3 aromatic heterocycles. The predicted octanol–water partition coefficient (Wildman–Crippen LogP) is 4.67. The van der Waals surface area contributed by atoms with Gasteiger partial charge in [0.1, 0.15) is 17.7 Å². The molecule has 0 aliphatic rings. The maximum atomic E-state index is 14.0. The zero-order valence-electron chi connectivity index (χ0n) is 17.6. The van der Waals surface area contributed by atoms with Crippen molar-refractivity contribution in [2.24, 2.45) is 0 Å². The van der Waals surface area contributed by atoms with Gasteiger partial charge < -0.3 is 10.3 Å². The highest BCUT2D eigenvalue weighted by molar-refractivity contribution is 5.84.